The van der Waals surface area contributed by atoms with Crippen LogP contribution in [0.15, 0.2) is 35.5 Å². The Hall–Kier alpha value is -1.31. The fourth-order valence-corrected chi connectivity index (χ4v) is 3.56. The third-order valence-electron chi connectivity index (χ3n) is 4.96. The summed E-state index contributed by atoms with van der Waals surface area (Å²) in [6.45, 7) is 14.4. The summed E-state index contributed by atoms with van der Waals surface area (Å²) < 4.78 is 5.79. The SMILES string of the molecule is C=CCC1=C(C)CC(OC(=O)[C@@H]2[C@@H](C=C(C)C)C2(C)C)C1. The Balaban J connectivity index is 1.93. The van der Waals surface area contributed by atoms with Gasteiger partial charge in [0.2, 0.25) is 0 Å². The Bertz CT molecular complexity index is 504. The smallest absolute Gasteiger partial charge is 0.310 e. The van der Waals surface area contributed by atoms with Gasteiger partial charge in [0.05, 0.1) is 5.92 Å². The first-order valence-corrected chi connectivity index (χ1v) is 7.91. The standard InChI is InChI=1S/C19H28O2/c1-7-8-14-11-15(10-13(14)4)21-18(20)17-16(9-12(2)3)19(17,5)6/h7,9,15-17H,1,8,10-11H2,2-6H3/t15?,16-,17+/m1/s1. The summed E-state index contributed by atoms with van der Waals surface area (Å²) in [5, 5.41) is 0. The lowest BCUT2D eigenvalue weighted by Gasteiger charge is -2.13. The lowest BCUT2D eigenvalue weighted by molar-refractivity contribution is -0.151. The fourth-order valence-electron chi connectivity index (χ4n) is 3.56. The summed E-state index contributed by atoms with van der Waals surface area (Å²) in [6.07, 6.45) is 6.86. The number of carbonyl (C=O) groups excluding carboxylic acids is 1. The van der Waals surface area contributed by atoms with Gasteiger partial charge in [0, 0.05) is 12.8 Å². The first-order valence-electron chi connectivity index (χ1n) is 7.91. The largest absolute Gasteiger partial charge is 0.461 e. The molecule has 2 aliphatic rings. The Morgan fingerprint density at radius 3 is 2.62 bits per heavy atom. The van der Waals surface area contributed by atoms with Gasteiger partial charge in [-0.05, 0) is 38.5 Å². The molecular formula is C19H28O2. The zero-order valence-electron chi connectivity index (χ0n) is 14.0. The van der Waals surface area contributed by atoms with E-state index in [0.29, 0.717) is 5.92 Å². The van der Waals surface area contributed by atoms with Crippen molar-refractivity contribution in [3.8, 4) is 0 Å². The Labute approximate surface area is 129 Å². The number of hydrogen-bond acceptors (Lipinski definition) is 2. The minimum Gasteiger partial charge on any atom is -0.461 e. The van der Waals surface area contributed by atoms with Gasteiger partial charge in [-0.1, -0.05) is 42.7 Å². The van der Waals surface area contributed by atoms with Crippen molar-refractivity contribution in [3.05, 3.63) is 35.5 Å². The van der Waals surface area contributed by atoms with Crippen LogP contribution in [0.2, 0.25) is 0 Å². The summed E-state index contributed by atoms with van der Waals surface area (Å²) in [7, 11) is 0. The van der Waals surface area contributed by atoms with Crippen LogP contribution in [0.3, 0.4) is 0 Å². The lowest BCUT2D eigenvalue weighted by Crippen LogP contribution is -2.19. The molecule has 1 unspecified atom stereocenters. The van der Waals surface area contributed by atoms with Gasteiger partial charge >= 0.3 is 5.97 Å². The van der Waals surface area contributed by atoms with Gasteiger partial charge in [0.1, 0.15) is 6.10 Å². The van der Waals surface area contributed by atoms with Crippen molar-refractivity contribution in [2.24, 2.45) is 17.3 Å². The molecule has 2 aliphatic carbocycles. The second-order valence-electron chi connectivity index (χ2n) is 7.41. The van der Waals surface area contributed by atoms with E-state index in [-0.39, 0.29) is 23.4 Å². The maximum atomic E-state index is 12.4. The molecular weight excluding hydrogens is 260 g/mol. The van der Waals surface area contributed by atoms with Crippen LogP contribution in [-0.2, 0) is 9.53 Å². The highest BCUT2D eigenvalue weighted by atomic mass is 16.5. The minimum absolute atomic E-state index is 0.0137. The van der Waals surface area contributed by atoms with Crippen LogP contribution in [0, 0.1) is 17.3 Å². The van der Waals surface area contributed by atoms with Gasteiger partial charge in [-0.3, -0.25) is 4.79 Å². The molecule has 1 fully saturated rings. The number of carbonyl (C=O) groups is 1. The van der Waals surface area contributed by atoms with Crippen molar-refractivity contribution in [3.63, 3.8) is 0 Å². The molecule has 0 aliphatic heterocycles. The fraction of sp³-hybridized carbons (Fsp3) is 0.632. The normalized spacial score (nSPS) is 30.0. The molecule has 116 valence electrons. The first kappa shape index (κ1) is 16.1. The van der Waals surface area contributed by atoms with Gasteiger partial charge in [0.15, 0.2) is 0 Å². The molecule has 0 spiro atoms. The molecule has 0 N–H and O–H groups in total. The Kier molecular flexibility index (Phi) is 4.46. The van der Waals surface area contributed by atoms with E-state index < -0.39 is 0 Å². The van der Waals surface area contributed by atoms with Gasteiger partial charge < -0.3 is 4.74 Å². The van der Waals surface area contributed by atoms with Crippen molar-refractivity contribution in [2.75, 3.05) is 0 Å². The molecule has 2 rings (SSSR count). The molecule has 0 aromatic carbocycles. The lowest BCUT2D eigenvalue weighted by atomic mass is 10.1. The van der Waals surface area contributed by atoms with E-state index in [4.69, 9.17) is 4.74 Å². The second kappa shape index (κ2) is 5.82. The number of ether oxygens (including phenoxy) is 1. The van der Waals surface area contributed by atoms with Crippen molar-refractivity contribution in [1.29, 1.82) is 0 Å². The van der Waals surface area contributed by atoms with Gasteiger partial charge in [-0.2, -0.15) is 0 Å². The Morgan fingerprint density at radius 1 is 1.38 bits per heavy atom. The van der Waals surface area contributed by atoms with Crippen LogP contribution in [0.5, 0.6) is 0 Å². The topological polar surface area (TPSA) is 26.3 Å². The molecule has 0 aromatic heterocycles. The van der Waals surface area contributed by atoms with Crippen LogP contribution in [0.1, 0.15) is 53.9 Å². The maximum absolute atomic E-state index is 12.4. The molecule has 0 aromatic rings. The predicted molar refractivity (Wildman–Crippen MR) is 86.8 cm³/mol. The molecule has 0 heterocycles. The van der Waals surface area contributed by atoms with Gasteiger partial charge in [-0.15, -0.1) is 6.58 Å². The highest BCUT2D eigenvalue weighted by Gasteiger charge is 2.61. The van der Waals surface area contributed by atoms with E-state index in [2.05, 4.69) is 47.3 Å². The van der Waals surface area contributed by atoms with Gasteiger partial charge in [-0.25, -0.2) is 0 Å². The molecule has 0 radical (unpaired) electrons. The zero-order chi connectivity index (χ0) is 15.8. The molecule has 3 atom stereocenters. The third-order valence-corrected chi connectivity index (χ3v) is 4.96. The highest BCUT2D eigenvalue weighted by molar-refractivity contribution is 5.78. The van der Waals surface area contributed by atoms with Crippen LogP contribution in [0.4, 0.5) is 0 Å². The van der Waals surface area contributed by atoms with E-state index in [9.17, 15) is 4.79 Å². The van der Waals surface area contributed by atoms with E-state index in [1.54, 1.807) is 0 Å². The molecule has 1 saturated carbocycles. The number of esters is 1. The van der Waals surface area contributed by atoms with Crippen molar-refractivity contribution in [1.82, 2.24) is 0 Å². The molecule has 2 nitrogen and oxygen atoms in total. The van der Waals surface area contributed by atoms with E-state index in [1.165, 1.54) is 16.7 Å². The van der Waals surface area contributed by atoms with E-state index in [0.717, 1.165) is 19.3 Å². The summed E-state index contributed by atoms with van der Waals surface area (Å²) in [5.74, 6) is 0.342. The number of allylic oxidation sites excluding steroid dienone is 3. The highest BCUT2D eigenvalue weighted by Crippen LogP contribution is 2.60. The molecule has 0 saturated heterocycles. The van der Waals surface area contributed by atoms with Gasteiger partial charge in [0.25, 0.3) is 0 Å². The summed E-state index contributed by atoms with van der Waals surface area (Å²) in [4.78, 5) is 12.4. The summed E-state index contributed by atoms with van der Waals surface area (Å²) in [6, 6.07) is 0. The quantitative estimate of drug-likeness (QED) is 0.535. The van der Waals surface area contributed by atoms with Crippen LogP contribution in [-0.4, -0.2) is 12.1 Å². The summed E-state index contributed by atoms with van der Waals surface area (Å²) >= 11 is 0. The summed E-state index contributed by atoms with van der Waals surface area (Å²) in [5.41, 5.74) is 4.07. The monoisotopic (exact) mass is 288 g/mol. The van der Waals surface area contributed by atoms with Crippen LogP contribution in [0.25, 0.3) is 0 Å². The van der Waals surface area contributed by atoms with Crippen LogP contribution >= 0.6 is 0 Å². The molecule has 2 heteroatoms. The molecule has 0 amide bonds. The average Bonchev–Trinajstić information content (AvgIpc) is 2.70. The number of rotatable bonds is 5. The van der Waals surface area contributed by atoms with E-state index in [1.807, 2.05) is 6.08 Å². The van der Waals surface area contributed by atoms with Crippen molar-refractivity contribution < 1.29 is 9.53 Å². The Morgan fingerprint density at radius 2 is 2.05 bits per heavy atom. The molecule has 0 bridgehead atoms. The van der Waals surface area contributed by atoms with Crippen molar-refractivity contribution in [2.45, 2.75) is 60.0 Å². The average molecular weight is 288 g/mol. The van der Waals surface area contributed by atoms with E-state index >= 15 is 0 Å². The first-order chi connectivity index (χ1) is 9.77. The minimum atomic E-state index is -0.0137. The predicted octanol–water partition coefficient (Wildman–Crippen LogP) is 4.82. The maximum Gasteiger partial charge on any atom is 0.310 e. The third kappa shape index (κ3) is 3.30. The van der Waals surface area contributed by atoms with Crippen LogP contribution < -0.4 is 0 Å². The second-order valence-corrected chi connectivity index (χ2v) is 7.41. The molecule has 21 heavy (non-hydrogen) atoms. The number of hydrogen-bond donors (Lipinski definition) is 0. The zero-order valence-corrected chi connectivity index (χ0v) is 14.0. The van der Waals surface area contributed by atoms with Crippen molar-refractivity contribution >= 4 is 5.97 Å².